The number of nitrogens with zero attached hydrogens (tertiary/aromatic N) is 4. The number of carbonyl (C=O) groups excluding carboxylic acids is 4. The molecule has 8 heteroatoms. The first-order valence-corrected chi connectivity index (χ1v) is 8.06. The first-order chi connectivity index (χ1) is 12.2. The van der Waals surface area contributed by atoms with E-state index < -0.39 is 35.2 Å². The number of ketones is 2. The molecule has 2 unspecified atom stereocenters. The second kappa shape index (κ2) is 6.29. The first-order valence-electron chi connectivity index (χ1n) is 8.06. The number of amides is 2. The normalized spacial score (nSPS) is 22.6. The molecular formula is C18H18N4O4. The van der Waals surface area contributed by atoms with Gasteiger partial charge in [0.1, 0.15) is 11.8 Å². The van der Waals surface area contributed by atoms with E-state index in [9.17, 15) is 19.2 Å². The van der Waals surface area contributed by atoms with Crippen molar-refractivity contribution < 1.29 is 19.2 Å². The summed E-state index contributed by atoms with van der Waals surface area (Å²) in [6.45, 7) is 3.20. The number of hydrogen-bond acceptors (Lipinski definition) is 6. The van der Waals surface area contributed by atoms with Crippen LogP contribution in [0.25, 0.3) is 0 Å². The smallest absolute Gasteiger partial charge is 0.259 e. The number of rotatable bonds is 4. The lowest BCUT2D eigenvalue weighted by Gasteiger charge is -2.14. The minimum atomic E-state index is -1.05. The van der Waals surface area contributed by atoms with E-state index in [1.54, 1.807) is 26.0 Å². The first kappa shape index (κ1) is 17.7. The Hall–Kier alpha value is -3.16. The lowest BCUT2D eigenvalue weighted by atomic mass is 9.86. The van der Waals surface area contributed by atoms with Crippen LogP contribution in [0.1, 0.15) is 34.6 Å². The van der Waals surface area contributed by atoms with Crippen LogP contribution in [0, 0.1) is 11.8 Å². The number of benzene rings is 1. The van der Waals surface area contributed by atoms with Crippen molar-refractivity contribution in [3.8, 4) is 0 Å². The largest absolute Gasteiger partial charge is 0.293 e. The zero-order chi connectivity index (χ0) is 19.2. The SMILES string of the molecule is CC1=NN(C)C(=O)C1C(=O)c1ccccc1C(=O)C1C(=O)N(C)N=C1C. The molecule has 8 nitrogen and oxygen atoms in total. The maximum atomic E-state index is 13.0. The van der Waals surface area contributed by atoms with Crippen molar-refractivity contribution in [3.05, 3.63) is 35.4 Å². The van der Waals surface area contributed by atoms with Crippen molar-refractivity contribution in [2.24, 2.45) is 22.0 Å². The van der Waals surface area contributed by atoms with E-state index in [1.165, 1.54) is 26.2 Å². The molecule has 2 heterocycles. The lowest BCUT2D eigenvalue weighted by molar-refractivity contribution is -0.130. The van der Waals surface area contributed by atoms with Crippen molar-refractivity contribution in [3.63, 3.8) is 0 Å². The molecule has 0 N–H and O–H groups in total. The molecule has 0 saturated carbocycles. The fourth-order valence-corrected chi connectivity index (χ4v) is 3.25. The molecule has 26 heavy (non-hydrogen) atoms. The molecule has 2 atom stereocenters. The Balaban J connectivity index is 2.00. The summed E-state index contributed by atoms with van der Waals surface area (Å²) in [5.74, 6) is -3.99. The predicted molar refractivity (Wildman–Crippen MR) is 93.8 cm³/mol. The molecule has 1 aromatic carbocycles. The van der Waals surface area contributed by atoms with Gasteiger partial charge in [0.2, 0.25) is 0 Å². The maximum absolute atomic E-state index is 13.0. The Bertz CT molecular complexity index is 829. The summed E-state index contributed by atoms with van der Waals surface area (Å²) < 4.78 is 0. The highest BCUT2D eigenvalue weighted by Gasteiger charge is 2.42. The van der Waals surface area contributed by atoms with Crippen LogP contribution in [0.2, 0.25) is 0 Å². The van der Waals surface area contributed by atoms with Crippen molar-refractivity contribution >= 4 is 34.8 Å². The molecule has 2 amide bonds. The third-order valence-electron chi connectivity index (χ3n) is 4.57. The van der Waals surface area contributed by atoms with E-state index in [0.29, 0.717) is 11.4 Å². The van der Waals surface area contributed by atoms with E-state index in [1.807, 2.05) is 0 Å². The molecule has 0 aromatic heterocycles. The van der Waals surface area contributed by atoms with Crippen molar-refractivity contribution in [2.45, 2.75) is 13.8 Å². The summed E-state index contributed by atoms with van der Waals surface area (Å²) >= 11 is 0. The van der Waals surface area contributed by atoms with Crippen LogP contribution >= 0.6 is 0 Å². The molecule has 3 rings (SSSR count). The quantitative estimate of drug-likeness (QED) is 0.594. The van der Waals surface area contributed by atoms with Gasteiger partial charge < -0.3 is 0 Å². The summed E-state index contributed by atoms with van der Waals surface area (Å²) in [5.41, 5.74) is 0.963. The Morgan fingerprint density at radius 3 is 1.42 bits per heavy atom. The number of hydrazone groups is 2. The number of carbonyl (C=O) groups is 4. The van der Waals surface area contributed by atoms with Gasteiger partial charge in [-0.05, 0) is 13.8 Å². The van der Waals surface area contributed by atoms with Crippen LogP contribution in [-0.4, -0.2) is 58.9 Å². The van der Waals surface area contributed by atoms with E-state index >= 15 is 0 Å². The molecule has 0 fully saturated rings. The van der Waals surface area contributed by atoms with Crippen molar-refractivity contribution in [2.75, 3.05) is 14.1 Å². The summed E-state index contributed by atoms with van der Waals surface area (Å²) in [7, 11) is 2.95. The molecule has 2 aliphatic rings. The van der Waals surface area contributed by atoms with Crippen LogP contribution in [0.5, 0.6) is 0 Å². The fraction of sp³-hybridized carbons (Fsp3) is 0.333. The molecule has 0 spiro atoms. The summed E-state index contributed by atoms with van der Waals surface area (Å²) in [6, 6.07) is 6.21. The second-order valence-corrected chi connectivity index (χ2v) is 6.35. The van der Waals surface area contributed by atoms with Gasteiger partial charge in [-0.25, -0.2) is 10.0 Å². The van der Waals surface area contributed by atoms with Gasteiger partial charge in [0, 0.05) is 25.2 Å². The summed E-state index contributed by atoms with van der Waals surface area (Å²) in [5, 5.41) is 10.2. The Morgan fingerprint density at radius 2 is 1.15 bits per heavy atom. The zero-order valence-corrected chi connectivity index (χ0v) is 14.9. The third-order valence-corrected chi connectivity index (χ3v) is 4.57. The average molecular weight is 354 g/mol. The zero-order valence-electron chi connectivity index (χ0n) is 14.9. The van der Waals surface area contributed by atoms with E-state index in [4.69, 9.17) is 0 Å². The molecule has 0 aliphatic carbocycles. The molecule has 0 saturated heterocycles. The van der Waals surface area contributed by atoms with Gasteiger partial charge in [-0.2, -0.15) is 10.2 Å². The van der Waals surface area contributed by atoms with Crippen LogP contribution in [-0.2, 0) is 9.59 Å². The highest BCUT2D eigenvalue weighted by molar-refractivity contribution is 6.31. The van der Waals surface area contributed by atoms with Gasteiger partial charge in [0.15, 0.2) is 11.6 Å². The Morgan fingerprint density at radius 1 is 0.808 bits per heavy atom. The number of hydrogen-bond donors (Lipinski definition) is 0. The summed E-state index contributed by atoms with van der Waals surface area (Å²) in [6.07, 6.45) is 0. The fourth-order valence-electron chi connectivity index (χ4n) is 3.25. The molecule has 134 valence electrons. The Labute approximate surface area is 150 Å². The topological polar surface area (TPSA) is 99.5 Å². The predicted octanol–water partition coefficient (Wildman–Crippen LogP) is 0.980. The molecule has 0 radical (unpaired) electrons. The minimum Gasteiger partial charge on any atom is -0.293 e. The average Bonchev–Trinajstić information content (AvgIpc) is 3.00. The van der Waals surface area contributed by atoms with Gasteiger partial charge in [-0.15, -0.1) is 0 Å². The van der Waals surface area contributed by atoms with E-state index in [-0.39, 0.29) is 11.1 Å². The van der Waals surface area contributed by atoms with Gasteiger partial charge in [-0.3, -0.25) is 19.2 Å². The lowest BCUT2D eigenvalue weighted by Crippen LogP contribution is -2.34. The van der Waals surface area contributed by atoms with Gasteiger partial charge in [0.25, 0.3) is 11.8 Å². The van der Waals surface area contributed by atoms with Gasteiger partial charge in [-0.1, -0.05) is 24.3 Å². The van der Waals surface area contributed by atoms with Crippen molar-refractivity contribution in [1.82, 2.24) is 10.0 Å². The van der Waals surface area contributed by atoms with E-state index in [2.05, 4.69) is 10.2 Å². The Kier molecular flexibility index (Phi) is 4.27. The molecular weight excluding hydrogens is 336 g/mol. The van der Waals surface area contributed by atoms with Gasteiger partial charge >= 0.3 is 0 Å². The summed E-state index contributed by atoms with van der Waals surface area (Å²) in [4.78, 5) is 50.4. The van der Waals surface area contributed by atoms with Crippen LogP contribution in [0.3, 0.4) is 0 Å². The maximum Gasteiger partial charge on any atom is 0.259 e. The second-order valence-electron chi connectivity index (χ2n) is 6.35. The standard InChI is InChI=1S/C18H18N4O4/c1-9-13(17(25)21(3)19-9)15(23)11-7-5-6-8-12(11)16(24)14-10(2)20-22(4)18(14)26/h5-8,13-14H,1-4H3. The van der Waals surface area contributed by atoms with Crippen LogP contribution in [0.15, 0.2) is 34.5 Å². The van der Waals surface area contributed by atoms with Gasteiger partial charge in [0.05, 0.1) is 11.4 Å². The highest BCUT2D eigenvalue weighted by Crippen LogP contribution is 2.25. The molecule has 0 bridgehead atoms. The highest BCUT2D eigenvalue weighted by atomic mass is 16.2. The third kappa shape index (κ3) is 2.63. The minimum absolute atomic E-state index is 0.107. The molecule has 2 aliphatic heterocycles. The number of Topliss-reactive ketones (excluding diaryl/α,β-unsaturated/α-hetero) is 2. The molecule has 1 aromatic rings. The van der Waals surface area contributed by atoms with E-state index in [0.717, 1.165) is 10.0 Å². The monoisotopic (exact) mass is 354 g/mol. The van der Waals surface area contributed by atoms with Crippen LogP contribution < -0.4 is 0 Å². The van der Waals surface area contributed by atoms with Crippen LogP contribution in [0.4, 0.5) is 0 Å². The van der Waals surface area contributed by atoms with Crippen molar-refractivity contribution in [1.29, 1.82) is 0 Å².